The standard InChI is InChI=1S/C14H25N3O2S2/c1-15-9-12-8-14(10-17(12)2)21(18,19)16-11-4-6-13(20-3)7-5-11/h8,10-11,13,15-16H,4-7,9H2,1-3H3. The van der Waals surface area contributed by atoms with Gasteiger partial charge < -0.3 is 9.88 Å². The molecule has 0 aromatic carbocycles. The highest BCUT2D eigenvalue weighted by molar-refractivity contribution is 7.99. The summed E-state index contributed by atoms with van der Waals surface area (Å²) in [5.74, 6) is 0. The lowest BCUT2D eigenvalue weighted by Gasteiger charge is -2.27. The first-order valence-electron chi connectivity index (χ1n) is 7.31. The minimum absolute atomic E-state index is 0.0753. The molecule has 1 saturated carbocycles. The topological polar surface area (TPSA) is 63.1 Å². The molecule has 0 saturated heterocycles. The van der Waals surface area contributed by atoms with Gasteiger partial charge in [-0.3, -0.25) is 0 Å². The largest absolute Gasteiger partial charge is 0.352 e. The van der Waals surface area contributed by atoms with Gasteiger partial charge in [-0.15, -0.1) is 0 Å². The van der Waals surface area contributed by atoms with Crippen molar-refractivity contribution in [2.75, 3.05) is 13.3 Å². The van der Waals surface area contributed by atoms with Crippen LogP contribution in [0.1, 0.15) is 31.4 Å². The van der Waals surface area contributed by atoms with Gasteiger partial charge in [0, 0.05) is 36.8 Å². The molecular weight excluding hydrogens is 306 g/mol. The zero-order valence-corrected chi connectivity index (χ0v) is 14.6. The van der Waals surface area contributed by atoms with E-state index >= 15 is 0 Å². The monoisotopic (exact) mass is 331 g/mol. The Balaban J connectivity index is 2.03. The van der Waals surface area contributed by atoms with Crippen molar-refractivity contribution in [3.05, 3.63) is 18.0 Å². The molecule has 1 fully saturated rings. The summed E-state index contributed by atoms with van der Waals surface area (Å²) in [6.07, 6.45) is 7.86. The lowest BCUT2D eigenvalue weighted by molar-refractivity contribution is 0.420. The first-order chi connectivity index (χ1) is 9.96. The van der Waals surface area contributed by atoms with Crippen molar-refractivity contribution in [2.24, 2.45) is 7.05 Å². The Hall–Kier alpha value is -0.500. The van der Waals surface area contributed by atoms with Crippen LogP contribution in [0.15, 0.2) is 17.2 Å². The molecule has 0 atom stereocenters. The van der Waals surface area contributed by atoms with E-state index in [2.05, 4.69) is 16.3 Å². The average molecular weight is 332 g/mol. The van der Waals surface area contributed by atoms with Crippen molar-refractivity contribution >= 4 is 21.8 Å². The van der Waals surface area contributed by atoms with Crippen LogP contribution in [-0.2, 0) is 23.6 Å². The molecule has 1 aromatic heterocycles. The van der Waals surface area contributed by atoms with E-state index in [-0.39, 0.29) is 6.04 Å². The molecule has 1 aliphatic carbocycles. The molecule has 2 rings (SSSR count). The van der Waals surface area contributed by atoms with E-state index in [0.29, 0.717) is 16.7 Å². The Kier molecular flexibility index (Phi) is 5.76. The highest BCUT2D eigenvalue weighted by atomic mass is 32.2. The molecule has 0 aliphatic heterocycles. The summed E-state index contributed by atoms with van der Waals surface area (Å²) in [5.41, 5.74) is 0.962. The molecule has 0 spiro atoms. The summed E-state index contributed by atoms with van der Waals surface area (Å²) in [4.78, 5) is 0.363. The molecule has 0 bridgehead atoms. The van der Waals surface area contributed by atoms with Gasteiger partial charge in [-0.2, -0.15) is 11.8 Å². The van der Waals surface area contributed by atoms with Crippen LogP contribution in [0.5, 0.6) is 0 Å². The molecule has 120 valence electrons. The van der Waals surface area contributed by atoms with Gasteiger partial charge in [-0.1, -0.05) is 0 Å². The number of nitrogens with zero attached hydrogens (tertiary/aromatic N) is 1. The molecule has 5 nitrogen and oxygen atoms in total. The number of hydrogen-bond donors (Lipinski definition) is 2. The van der Waals surface area contributed by atoms with Crippen LogP contribution in [0.2, 0.25) is 0 Å². The van der Waals surface area contributed by atoms with Crippen LogP contribution in [0.3, 0.4) is 0 Å². The molecule has 1 aromatic rings. The smallest absolute Gasteiger partial charge is 0.242 e. The van der Waals surface area contributed by atoms with Crippen molar-refractivity contribution in [3.8, 4) is 0 Å². The molecule has 0 radical (unpaired) electrons. The summed E-state index contributed by atoms with van der Waals surface area (Å²) in [6.45, 7) is 0.658. The number of nitrogens with one attached hydrogen (secondary N) is 2. The van der Waals surface area contributed by atoms with Gasteiger partial charge in [-0.25, -0.2) is 13.1 Å². The fraction of sp³-hybridized carbons (Fsp3) is 0.714. The second-order valence-electron chi connectivity index (χ2n) is 5.64. The van der Waals surface area contributed by atoms with Crippen LogP contribution in [-0.4, -0.2) is 37.6 Å². The summed E-state index contributed by atoms with van der Waals surface area (Å²) in [7, 11) is 0.312. The van der Waals surface area contributed by atoms with E-state index in [1.807, 2.05) is 30.4 Å². The van der Waals surface area contributed by atoms with Crippen LogP contribution in [0, 0.1) is 0 Å². The molecule has 1 aliphatic rings. The van der Waals surface area contributed by atoms with Crippen molar-refractivity contribution in [1.82, 2.24) is 14.6 Å². The fourth-order valence-corrected chi connectivity index (χ4v) is 4.93. The van der Waals surface area contributed by atoms with Crippen LogP contribution >= 0.6 is 11.8 Å². The Labute approximate surface area is 131 Å². The van der Waals surface area contributed by atoms with Crippen LogP contribution in [0.4, 0.5) is 0 Å². The highest BCUT2D eigenvalue weighted by Gasteiger charge is 2.26. The predicted molar refractivity (Wildman–Crippen MR) is 88.1 cm³/mol. The summed E-state index contributed by atoms with van der Waals surface area (Å²) < 4.78 is 29.7. The average Bonchev–Trinajstić information content (AvgIpc) is 2.82. The number of sulfonamides is 1. The quantitative estimate of drug-likeness (QED) is 0.833. The van der Waals surface area contributed by atoms with E-state index in [1.54, 1.807) is 12.3 Å². The number of thioether (sulfide) groups is 1. The van der Waals surface area contributed by atoms with Crippen molar-refractivity contribution in [1.29, 1.82) is 0 Å². The highest BCUT2D eigenvalue weighted by Crippen LogP contribution is 2.27. The lowest BCUT2D eigenvalue weighted by atomic mass is 9.96. The van der Waals surface area contributed by atoms with Gasteiger partial charge in [0.25, 0.3) is 0 Å². The normalized spacial score (nSPS) is 23.4. The second-order valence-corrected chi connectivity index (χ2v) is 8.49. The van der Waals surface area contributed by atoms with Gasteiger partial charge in [0.1, 0.15) is 0 Å². The van der Waals surface area contributed by atoms with Crippen LogP contribution < -0.4 is 10.0 Å². The third-order valence-electron chi connectivity index (χ3n) is 4.08. The molecule has 7 heteroatoms. The summed E-state index contributed by atoms with van der Waals surface area (Å²) in [5, 5.41) is 3.73. The third kappa shape index (κ3) is 4.25. The summed E-state index contributed by atoms with van der Waals surface area (Å²) in [6, 6.07) is 1.82. The maximum absolute atomic E-state index is 12.5. The minimum Gasteiger partial charge on any atom is -0.352 e. The number of hydrogen-bond acceptors (Lipinski definition) is 4. The first kappa shape index (κ1) is 16.9. The maximum Gasteiger partial charge on any atom is 0.242 e. The van der Waals surface area contributed by atoms with E-state index in [9.17, 15) is 8.42 Å². The van der Waals surface area contributed by atoms with E-state index in [1.165, 1.54) is 0 Å². The fourth-order valence-electron chi connectivity index (χ4n) is 2.78. The van der Waals surface area contributed by atoms with Crippen LogP contribution in [0.25, 0.3) is 0 Å². The number of aryl methyl sites for hydroxylation is 1. The Morgan fingerprint density at radius 3 is 2.57 bits per heavy atom. The van der Waals surface area contributed by atoms with Gasteiger partial charge in [0.05, 0.1) is 4.90 Å². The second kappa shape index (κ2) is 7.17. The van der Waals surface area contributed by atoms with Gasteiger partial charge in [0.15, 0.2) is 0 Å². The Morgan fingerprint density at radius 2 is 2.00 bits per heavy atom. The lowest BCUT2D eigenvalue weighted by Crippen LogP contribution is -2.37. The number of rotatable bonds is 6. The van der Waals surface area contributed by atoms with E-state index in [0.717, 1.165) is 31.4 Å². The Morgan fingerprint density at radius 1 is 1.33 bits per heavy atom. The molecule has 2 N–H and O–H groups in total. The molecular formula is C14H25N3O2S2. The van der Waals surface area contributed by atoms with Crippen molar-refractivity contribution in [2.45, 2.75) is 48.4 Å². The predicted octanol–water partition coefficient (Wildman–Crippen LogP) is 1.70. The minimum atomic E-state index is -3.41. The third-order valence-corrected chi connectivity index (χ3v) is 6.71. The zero-order chi connectivity index (χ0) is 15.5. The first-order valence-corrected chi connectivity index (χ1v) is 10.1. The number of aromatic nitrogens is 1. The zero-order valence-electron chi connectivity index (χ0n) is 12.9. The SMILES string of the molecule is CNCc1cc(S(=O)(=O)NC2CCC(SC)CC2)cn1C. The molecule has 1 heterocycles. The maximum atomic E-state index is 12.5. The van der Waals surface area contributed by atoms with Gasteiger partial charge in [-0.05, 0) is 45.1 Å². The van der Waals surface area contributed by atoms with Gasteiger partial charge >= 0.3 is 0 Å². The Bertz CT molecular complexity index is 561. The van der Waals surface area contributed by atoms with E-state index < -0.39 is 10.0 Å². The summed E-state index contributed by atoms with van der Waals surface area (Å²) >= 11 is 1.89. The van der Waals surface area contributed by atoms with Crippen molar-refractivity contribution in [3.63, 3.8) is 0 Å². The van der Waals surface area contributed by atoms with E-state index in [4.69, 9.17) is 0 Å². The molecule has 0 amide bonds. The van der Waals surface area contributed by atoms with Crippen molar-refractivity contribution < 1.29 is 8.42 Å². The van der Waals surface area contributed by atoms with Gasteiger partial charge in [0.2, 0.25) is 10.0 Å². The molecule has 21 heavy (non-hydrogen) atoms. The molecule has 0 unspecified atom stereocenters.